The molecule has 0 saturated carbocycles. The zero-order valence-corrected chi connectivity index (χ0v) is 13.6. The zero-order chi connectivity index (χ0) is 14.2. The Morgan fingerprint density at radius 1 is 1.00 bits per heavy atom. The summed E-state index contributed by atoms with van der Waals surface area (Å²) < 4.78 is 13.5. The monoisotopic (exact) mass is 360 g/mol. The lowest BCUT2D eigenvalue weighted by molar-refractivity contribution is 0.626. The Hall–Kier alpha value is -0.570. The Morgan fingerprint density at radius 3 is 2.26 bits per heavy atom. The van der Waals surface area contributed by atoms with Gasteiger partial charge in [0.15, 0.2) is 0 Å². The minimum Gasteiger partial charge on any atom is -0.205 e. The lowest BCUT2D eigenvalue weighted by atomic mass is 10.00. The van der Waals surface area contributed by atoms with Crippen molar-refractivity contribution in [3.63, 3.8) is 0 Å². The van der Waals surface area contributed by atoms with Gasteiger partial charge in [-0.2, -0.15) is 0 Å². The quantitative estimate of drug-likeness (QED) is 0.556. The molecule has 1 atom stereocenters. The van der Waals surface area contributed by atoms with Crippen LogP contribution in [-0.2, 0) is 0 Å². The maximum Gasteiger partial charge on any atom is 0.142 e. The van der Waals surface area contributed by atoms with Crippen LogP contribution in [0.25, 0.3) is 0 Å². The van der Waals surface area contributed by atoms with E-state index >= 15 is 0 Å². The largest absolute Gasteiger partial charge is 0.205 e. The number of aryl methyl sites for hydroxylation is 2. The van der Waals surface area contributed by atoms with Crippen molar-refractivity contribution < 1.29 is 4.39 Å². The van der Waals surface area contributed by atoms with Crippen molar-refractivity contribution in [1.82, 2.24) is 0 Å². The molecule has 0 aliphatic heterocycles. The van der Waals surface area contributed by atoms with Crippen molar-refractivity contribution in [2.24, 2.45) is 0 Å². The van der Waals surface area contributed by atoms with E-state index in [0.717, 1.165) is 22.3 Å². The first-order valence-electron chi connectivity index (χ1n) is 5.76. The molecule has 0 nitrogen and oxygen atoms in total. The summed E-state index contributed by atoms with van der Waals surface area (Å²) in [7, 11) is 0. The number of hydrogen-bond donors (Lipinski definition) is 0. The van der Waals surface area contributed by atoms with E-state index in [1.165, 1.54) is 6.07 Å². The highest BCUT2D eigenvalue weighted by molar-refractivity contribution is 9.09. The second-order valence-electron chi connectivity index (χ2n) is 4.49. The fourth-order valence-corrected chi connectivity index (χ4v) is 3.09. The number of hydrogen-bond acceptors (Lipinski definition) is 0. The van der Waals surface area contributed by atoms with Gasteiger partial charge in [-0.3, -0.25) is 0 Å². The molecule has 0 aliphatic rings. The maximum atomic E-state index is 13.5. The van der Waals surface area contributed by atoms with E-state index in [2.05, 4.69) is 15.9 Å². The molecule has 0 bridgehead atoms. The summed E-state index contributed by atoms with van der Waals surface area (Å²) in [6, 6.07) is 8.70. The third-order valence-corrected chi connectivity index (χ3v) is 4.78. The van der Waals surface area contributed by atoms with Gasteiger partial charge in [0, 0.05) is 5.02 Å². The van der Waals surface area contributed by atoms with Gasteiger partial charge < -0.3 is 0 Å². The van der Waals surface area contributed by atoms with E-state index in [4.69, 9.17) is 23.2 Å². The standard InChI is InChI=1S/C15H12BrCl2F/c1-8-5-11(13(18)6-9(8)2)15(16)10-3-4-12(17)14(19)7-10/h3-7,15H,1-2H3. The molecule has 1 unspecified atom stereocenters. The van der Waals surface area contributed by atoms with Crippen LogP contribution in [-0.4, -0.2) is 0 Å². The fourth-order valence-electron chi connectivity index (χ4n) is 1.85. The SMILES string of the molecule is Cc1cc(Cl)c(C(Br)c2ccc(Cl)c(F)c2)cc1C. The average Bonchev–Trinajstić information content (AvgIpc) is 2.36. The molecule has 0 aliphatic carbocycles. The van der Waals surface area contributed by atoms with Gasteiger partial charge >= 0.3 is 0 Å². The fraction of sp³-hybridized carbons (Fsp3) is 0.200. The summed E-state index contributed by atoms with van der Waals surface area (Å²) in [5, 5.41) is 0.787. The van der Waals surface area contributed by atoms with Crippen LogP contribution >= 0.6 is 39.1 Å². The Morgan fingerprint density at radius 2 is 1.63 bits per heavy atom. The first kappa shape index (κ1) is 14.8. The molecule has 0 spiro atoms. The predicted octanol–water partition coefficient (Wildman–Crippen LogP) is 6.23. The second kappa shape index (κ2) is 5.82. The van der Waals surface area contributed by atoms with Crippen LogP contribution in [0.15, 0.2) is 30.3 Å². The smallest absolute Gasteiger partial charge is 0.142 e. The van der Waals surface area contributed by atoms with E-state index in [9.17, 15) is 4.39 Å². The Labute approximate surface area is 130 Å². The van der Waals surface area contributed by atoms with Gasteiger partial charge in [0.2, 0.25) is 0 Å². The van der Waals surface area contributed by atoms with Crippen LogP contribution in [0.2, 0.25) is 10.0 Å². The van der Waals surface area contributed by atoms with Gasteiger partial charge in [0.25, 0.3) is 0 Å². The maximum absolute atomic E-state index is 13.5. The summed E-state index contributed by atoms with van der Waals surface area (Å²) in [5.74, 6) is -0.427. The van der Waals surface area contributed by atoms with E-state index < -0.39 is 5.82 Å². The molecule has 2 rings (SSSR count). The van der Waals surface area contributed by atoms with Crippen molar-refractivity contribution >= 4 is 39.1 Å². The summed E-state index contributed by atoms with van der Waals surface area (Å²) in [5.41, 5.74) is 3.99. The first-order chi connectivity index (χ1) is 8.90. The number of halogens is 4. The Kier molecular flexibility index (Phi) is 4.54. The third-order valence-electron chi connectivity index (χ3n) is 3.12. The van der Waals surface area contributed by atoms with Gasteiger partial charge in [0.05, 0.1) is 9.85 Å². The molecule has 0 radical (unpaired) electrons. The molecule has 4 heteroatoms. The van der Waals surface area contributed by atoms with E-state index in [1.54, 1.807) is 12.1 Å². The molecule has 0 N–H and O–H groups in total. The highest BCUT2D eigenvalue weighted by Gasteiger charge is 2.16. The van der Waals surface area contributed by atoms with Crippen molar-refractivity contribution in [2.45, 2.75) is 18.7 Å². The van der Waals surface area contributed by atoms with Crippen LogP contribution in [0.3, 0.4) is 0 Å². The Balaban J connectivity index is 2.46. The number of rotatable bonds is 2. The normalized spacial score (nSPS) is 12.5. The summed E-state index contributed by atoms with van der Waals surface area (Å²) in [6.07, 6.45) is 0. The van der Waals surface area contributed by atoms with Crippen LogP contribution in [0.5, 0.6) is 0 Å². The van der Waals surface area contributed by atoms with Gasteiger partial charge in [-0.25, -0.2) is 4.39 Å². The summed E-state index contributed by atoms with van der Waals surface area (Å²) in [6.45, 7) is 4.04. The van der Waals surface area contributed by atoms with Crippen molar-refractivity contribution in [2.75, 3.05) is 0 Å². The number of benzene rings is 2. The topological polar surface area (TPSA) is 0 Å². The molecular formula is C15H12BrCl2F. The predicted molar refractivity (Wildman–Crippen MR) is 83.1 cm³/mol. The van der Waals surface area contributed by atoms with Gasteiger partial charge in [-0.05, 0) is 54.3 Å². The highest BCUT2D eigenvalue weighted by atomic mass is 79.9. The lowest BCUT2D eigenvalue weighted by Gasteiger charge is -2.15. The van der Waals surface area contributed by atoms with E-state index in [0.29, 0.717) is 5.02 Å². The van der Waals surface area contributed by atoms with E-state index in [1.807, 2.05) is 26.0 Å². The van der Waals surface area contributed by atoms with Crippen molar-refractivity contribution in [1.29, 1.82) is 0 Å². The minimum atomic E-state index is -0.427. The van der Waals surface area contributed by atoms with Crippen LogP contribution in [0, 0.1) is 19.7 Å². The minimum absolute atomic E-state index is 0.120. The molecule has 2 aromatic rings. The molecule has 0 saturated heterocycles. The molecule has 0 amide bonds. The first-order valence-corrected chi connectivity index (χ1v) is 7.43. The molecule has 0 fully saturated rings. The summed E-state index contributed by atoms with van der Waals surface area (Å²) in [4.78, 5) is -0.161. The molecule has 0 heterocycles. The van der Waals surface area contributed by atoms with Crippen LogP contribution in [0.4, 0.5) is 4.39 Å². The molecule has 19 heavy (non-hydrogen) atoms. The molecule has 100 valence electrons. The molecule has 0 aromatic heterocycles. The van der Waals surface area contributed by atoms with E-state index in [-0.39, 0.29) is 9.85 Å². The second-order valence-corrected chi connectivity index (χ2v) is 6.22. The van der Waals surface area contributed by atoms with Gasteiger partial charge in [0.1, 0.15) is 5.82 Å². The van der Waals surface area contributed by atoms with Crippen molar-refractivity contribution in [3.05, 3.63) is 68.4 Å². The van der Waals surface area contributed by atoms with Crippen LogP contribution in [0.1, 0.15) is 27.1 Å². The van der Waals surface area contributed by atoms with Crippen molar-refractivity contribution in [3.8, 4) is 0 Å². The molecular weight excluding hydrogens is 350 g/mol. The highest BCUT2D eigenvalue weighted by Crippen LogP contribution is 2.37. The van der Waals surface area contributed by atoms with Gasteiger partial charge in [-0.1, -0.05) is 51.3 Å². The lowest BCUT2D eigenvalue weighted by Crippen LogP contribution is -1.97. The Bertz CT molecular complexity index is 626. The summed E-state index contributed by atoms with van der Waals surface area (Å²) >= 11 is 15.5. The average molecular weight is 362 g/mol. The van der Waals surface area contributed by atoms with Crippen LogP contribution < -0.4 is 0 Å². The molecule has 2 aromatic carbocycles. The third kappa shape index (κ3) is 3.13. The zero-order valence-electron chi connectivity index (χ0n) is 10.5. The van der Waals surface area contributed by atoms with Gasteiger partial charge in [-0.15, -0.1) is 0 Å². The number of alkyl halides is 1.